The van der Waals surface area contributed by atoms with Crippen molar-refractivity contribution in [2.24, 2.45) is 0 Å². The molecule has 0 fully saturated rings. The molecule has 6 heteroatoms. The van der Waals surface area contributed by atoms with Crippen molar-refractivity contribution in [1.29, 1.82) is 5.26 Å². The average Bonchev–Trinajstić information content (AvgIpc) is 2.56. The molecule has 0 atom stereocenters. The van der Waals surface area contributed by atoms with Crippen LogP contribution in [0.25, 0.3) is 0 Å². The molecule has 120 valence electrons. The predicted octanol–water partition coefficient (Wildman–Crippen LogP) is 2.99. The molecule has 0 bridgehead atoms. The number of nitriles is 1. The van der Waals surface area contributed by atoms with Crippen LogP contribution in [0.4, 0.5) is 11.4 Å². The summed E-state index contributed by atoms with van der Waals surface area (Å²) >= 11 is 0. The maximum absolute atomic E-state index is 12.2. The molecule has 0 unspecified atom stereocenters. The Kier molecular flexibility index (Phi) is 5.42. The predicted molar refractivity (Wildman–Crippen MR) is 89.7 cm³/mol. The second-order valence-electron chi connectivity index (χ2n) is 5.05. The first-order valence-corrected chi connectivity index (χ1v) is 7.19. The van der Waals surface area contributed by atoms with Crippen LogP contribution in [-0.2, 0) is 4.79 Å². The third-order valence-corrected chi connectivity index (χ3v) is 3.20. The molecule has 0 aliphatic heterocycles. The van der Waals surface area contributed by atoms with E-state index in [0.29, 0.717) is 22.5 Å². The van der Waals surface area contributed by atoms with Gasteiger partial charge in [0.15, 0.2) is 5.78 Å². The maximum Gasteiger partial charge on any atom is 0.255 e. The number of nitrogens with one attached hydrogen (secondary N) is 2. The molecule has 0 aliphatic rings. The summed E-state index contributed by atoms with van der Waals surface area (Å²) < 4.78 is 0. The van der Waals surface area contributed by atoms with Gasteiger partial charge in [-0.05, 0) is 43.3 Å². The van der Waals surface area contributed by atoms with E-state index in [4.69, 9.17) is 5.26 Å². The SMILES string of the molecule is CC(=O)c1cccc(NC(=O)c2ccc(NC(=O)CC#N)cc2)c1. The molecule has 0 aromatic heterocycles. The Hall–Kier alpha value is -3.46. The second-order valence-corrected chi connectivity index (χ2v) is 5.05. The Labute approximate surface area is 139 Å². The number of rotatable bonds is 5. The van der Waals surface area contributed by atoms with Gasteiger partial charge in [-0.2, -0.15) is 5.26 Å². The van der Waals surface area contributed by atoms with Crippen molar-refractivity contribution in [2.75, 3.05) is 10.6 Å². The van der Waals surface area contributed by atoms with Gasteiger partial charge in [0.05, 0.1) is 6.07 Å². The summed E-state index contributed by atoms with van der Waals surface area (Å²) in [6.07, 6.45) is -0.227. The van der Waals surface area contributed by atoms with Crippen LogP contribution in [0.5, 0.6) is 0 Å². The summed E-state index contributed by atoms with van der Waals surface area (Å²) in [7, 11) is 0. The topological polar surface area (TPSA) is 99.1 Å². The lowest BCUT2D eigenvalue weighted by atomic mass is 10.1. The zero-order chi connectivity index (χ0) is 17.5. The van der Waals surface area contributed by atoms with Crippen LogP contribution in [0.15, 0.2) is 48.5 Å². The van der Waals surface area contributed by atoms with E-state index in [-0.39, 0.29) is 18.1 Å². The van der Waals surface area contributed by atoms with E-state index in [1.165, 1.54) is 6.92 Å². The molecule has 0 aliphatic carbocycles. The van der Waals surface area contributed by atoms with E-state index in [1.807, 2.05) is 0 Å². The smallest absolute Gasteiger partial charge is 0.255 e. The normalized spacial score (nSPS) is 9.67. The van der Waals surface area contributed by atoms with E-state index in [1.54, 1.807) is 54.6 Å². The lowest BCUT2D eigenvalue weighted by Gasteiger charge is -2.08. The number of amides is 2. The number of benzene rings is 2. The Morgan fingerprint density at radius 2 is 1.67 bits per heavy atom. The number of carbonyl (C=O) groups excluding carboxylic acids is 3. The largest absolute Gasteiger partial charge is 0.325 e. The number of hydrogen-bond donors (Lipinski definition) is 2. The van der Waals surface area contributed by atoms with E-state index >= 15 is 0 Å². The lowest BCUT2D eigenvalue weighted by Crippen LogP contribution is -2.13. The van der Waals surface area contributed by atoms with Gasteiger partial charge < -0.3 is 10.6 Å². The van der Waals surface area contributed by atoms with Crippen LogP contribution >= 0.6 is 0 Å². The molecular formula is C18H15N3O3. The number of Topliss-reactive ketones (excluding diaryl/α,β-unsaturated/α-hetero) is 1. The van der Waals surface area contributed by atoms with Crippen molar-refractivity contribution in [3.8, 4) is 6.07 Å². The van der Waals surface area contributed by atoms with E-state index in [9.17, 15) is 14.4 Å². The number of anilines is 2. The Balaban J connectivity index is 2.05. The van der Waals surface area contributed by atoms with Crippen molar-refractivity contribution in [3.63, 3.8) is 0 Å². The minimum atomic E-state index is -0.407. The fourth-order valence-corrected chi connectivity index (χ4v) is 2.00. The summed E-state index contributed by atoms with van der Waals surface area (Å²) in [5.74, 6) is -0.815. The molecule has 2 N–H and O–H groups in total. The van der Waals surface area contributed by atoms with Gasteiger partial charge >= 0.3 is 0 Å². The summed E-state index contributed by atoms with van der Waals surface area (Å²) in [4.78, 5) is 34.9. The molecular weight excluding hydrogens is 306 g/mol. The number of ketones is 1. The van der Waals surface area contributed by atoms with Crippen LogP contribution in [0.3, 0.4) is 0 Å². The third kappa shape index (κ3) is 4.52. The zero-order valence-corrected chi connectivity index (χ0v) is 13.0. The molecule has 2 aromatic carbocycles. The molecule has 2 rings (SSSR count). The quantitative estimate of drug-likeness (QED) is 0.827. The Bertz CT molecular complexity index is 820. The highest BCUT2D eigenvalue weighted by atomic mass is 16.2. The van der Waals surface area contributed by atoms with Gasteiger partial charge in [0.2, 0.25) is 5.91 Å². The highest BCUT2D eigenvalue weighted by Gasteiger charge is 2.08. The van der Waals surface area contributed by atoms with Gasteiger partial charge in [-0.15, -0.1) is 0 Å². The highest BCUT2D eigenvalue weighted by molar-refractivity contribution is 6.05. The van der Waals surface area contributed by atoms with Gasteiger partial charge in [-0.25, -0.2) is 0 Å². The number of nitrogens with zero attached hydrogens (tertiary/aromatic N) is 1. The van der Waals surface area contributed by atoms with Crippen molar-refractivity contribution >= 4 is 29.0 Å². The molecule has 2 aromatic rings. The van der Waals surface area contributed by atoms with Crippen molar-refractivity contribution in [2.45, 2.75) is 13.3 Å². The Morgan fingerprint density at radius 3 is 2.29 bits per heavy atom. The minimum Gasteiger partial charge on any atom is -0.325 e. The number of hydrogen-bond acceptors (Lipinski definition) is 4. The fourth-order valence-electron chi connectivity index (χ4n) is 2.00. The molecule has 0 saturated heterocycles. The Morgan fingerprint density at radius 1 is 0.958 bits per heavy atom. The van der Waals surface area contributed by atoms with Gasteiger partial charge in [-0.1, -0.05) is 12.1 Å². The van der Waals surface area contributed by atoms with Crippen molar-refractivity contribution in [1.82, 2.24) is 0 Å². The molecule has 0 spiro atoms. The van der Waals surface area contributed by atoms with Crippen LogP contribution in [0.2, 0.25) is 0 Å². The first-order chi connectivity index (χ1) is 11.5. The summed E-state index contributed by atoms with van der Waals surface area (Å²) in [5, 5.41) is 13.7. The summed E-state index contributed by atoms with van der Waals surface area (Å²) in [6, 6.07) is 14.7. The van der Waals surface area contributed by atoms with Gasteiger partial charge in [0.25, 0.3) is 5.91 Å². The average molecular weight is 321 g/mol. The summed E-state index contributed by atoms with van der Waals surface area (Å²) in [6.45, 7) is 1.46. The molecule has 6 nitrogen and oxygen atoms in total. The zero-order valence-electron chi connectivity index (χ0n) is 13.0. The standard InChI is InChI=1S/C18H15N3O3/c1-12(22)14-3-2-4-16(11-14)21-18(24)13-5-7-15(8-6-13)20-17(23)9-10-19/h2-8,11H,9H2,1H3,(H,20,23)(H,21,24). The molecule has 24 heavy (non-hydrogen) atoms. The van der Waals surface area contributed by atoms with E-state index in [2.05, 4.69) is 10.6 Å². The van der Waals surface area contributed by atoms with Gasteiger partial charge in [0, 0.05) is 22.5 Å². The van der Waals surface area contributed by atoms with Crippen LogP contribution in [-0.4, -0.2) is 17.6 Å². The minimum absolute atomic E-state index is 0.0800. The first kappa shape index (κ1) is 16.9. The summed E-state index contributed by atoms with van der Waals surface area (Å²) in [5.41, 5.74) is 1.95. The van der Waals surface area contributed by atoms with Crippen LogP contribution in [0, 0.1) is 11.3 Å². The fraction of sp³-hybridized carbons (Fsp3) is 0.111. The first-order valence-electron chi connectivity index (χ1n) is 7.19. The second kappa shape index (κ2) is 7.70. The lowest BCUT2D eigenvalue weighted by molar-refractivity contribution is -0.115. The molecule has 0 heterocycles. The van der Waals surface area contributed by atoms with Crippen molar-refractivity contribution in [3.05, 3.63) is 59.7 Å². The van der Waals surface area contributed by atoms with Gasteiger partial charge in [-0.3, -0.25) is 14.4 Å². The van der Waals surface area contributed by atoms with Crippen LogP contribution in [0.1, 0.15) is 34.1 Å². The van der Waals surface area contributed by atoms with Gasteiger partial charge in [0.1, 0.15) is 6.42 Å². The molecule has 2 amide bonds. The molecule has 0 saturated carbocycles. The monoisotopic (exact) mass is 321 g/mol. The van der Waals surface area contributed by atoms with Crippen molar-refractivity contribution < 1.29 is 14.4 Å². The third-order valence-electron chi connectivity index (χ3n) is 3.20. The molecule has 0 radical (unpaired) electrons. The van der Waals surface area contributed by atoms with Crippen LogP contribution < -0.4 is 10.6 Å². The highest BCUT2D eigenvalue weighted by Crippen LogP contribution is 2.14. The maximum atomic E-state index is 12.2. The number of carbonyl (C=O) groups is 3. The van der Waals surface area contributed by atoms with E-state index in [0.717, 1.165) is 0 Å². The van der Waals surface area contributed by atoms with E-state index < -0.39 is 5.91 Å².